The maximum Gasteiger partial charge on any atom is 0.238 e. The number of aryl methyl sites for hydroxylation is 1. The highest BCUT2D eigenvalue weighted by atomic mass is 16.3. The summed E-state index contributed by atoms with van der Waals surface area (Å²) < 4.78 is 0. The first-order valence-corrected chi connectivity index (χ1v) is 4.07. The van der Waals surface area contributed by atoms with E-state index >= 15 is 0 Å². The van der Waals surface area contributed by atoms with E-state index in [2.05, 4.69) is 10.2 Å². The number of rotatable bonds is 1. The molecule has 3 heteroatoms. The van der Waals surface area contributed by atoms with Crippen LogP contribution >= 0.6 is 0 Å². The second kappa shape index (κ2) is 2.94. The van der Waals surface area contributed by atoms with Gasteiger partial charge in [-0.1, -0.05) is 29.8 Å². The molecule has 0 radical (unpaired) electrons. The molecule has 0 saturated heterocycles. The molecular weight excluding hydrogens is 164 g/mol. The van der Waals surface area contributed by atoms with E-state index < -0.39 is 0 Å². The fourth-order valence-corrected chi connectivity index (χ4v) is 1.23. The molecule has 13 heavy (non-hydrogen) atoms. The summed E-state index contributed by atoms with van der Waals surface area (Å²) >= 11 is 0. The Balaban J connectivity index is 2.47. The van der Waals surface area contributed by atoms with Crippen LogP contribution in [0, 0.1) is 6.92 Å². The number of benzene rings is 1. The third-order valence-corrected chi connectivity index (χ3v) is 1.98. The summed E-state index contributed by atoms with van der Waals surface area (Å²) in [6.45, 7) is 2.03. The molecule has 0 aliphatic carbocycles. The van der Waals surface area contributed by atoms with Gasteiger partial charge >= 0.3 is 0 Å². The molecule has 0 bridgehead atoms. The van der Waals surface area contributed by atoms with Crippen LogP contribution in [0.25, 0.3) is 11.1 Å². The lowest BCUT2D eigenvalue weighted by molar-refractivity contribution is 0.454. The summed E-state index contributed by atoms with van der Waals surface area (Å²) in [7, 11) is 0. The number of hydrogen-bond donors (Lipinski definition) is 2. The molecule has 2 rings (SSSR count). The van der Waals surface area contributed by atoms with Crippen molar-refractivity contribution < 1.29 is 5.11 Å². The Kier molecular flexibility index (Phi) is 1.77. The van der Waals surface area contributed by atoms with Gasteiger partial charge in [0.15, 0.2) is 0 Å². The lowest BCUT2D eigenvalue weighted by Gasteiger charge is -1.97. The number of aromatic amines is 1. The average Bonchev–Trinajstić information content (AvgIpc) is 2.53. The Labute approximate surface area is 76.0 Å². The summed E-state index contributed by atoms with van der Waals surface area (Å²) in [5.41, 5.74) is 2.91. The zero-order valence-corrected chi connectivity index (χ0v) is 7.28. The predicted molar refractivity (Wildman–Crippen MR) is 50.4 cm³/mol. The molecule has 2 aromatic rings. The smallest absolute Gasteiger partial charge is 0.238 e. The maximum atomic E-state index is 9.33. The summed E-state index contributed by atoms with van der Waals surface area (Å²) in [6, 6.07) is 7.92. The normalized spacial score (nSPS) is 10.2. The molecule has 0 amide bonds. The van der Waals surface area contributed by atoms with Gasteiger partial charge in [0.05, 0.1) is 5.56 Å². The van der Waals surface area contributed by atoms with E-state index in [-0.39, 0.29) is 5.88 Å². The quantitative estimate of drug-likeness (QED) is 0.695. The molecule has 3 nitrogen and oxygen atoms in total. The van der Waals surface area contributed by atoms with Crippen LogP contribution in [0.5, 0.6) is 5.88 Å². The summed E-state index contributed by atoms with van der Waals surface area (Å²) in [5, 5.41) is 15.6. The predicted octanol–water partition coefficient (Wildman–Crippen LogP) is 2.09. The van der Waals surface area contributed by atoms with Gasteiger partial charge in [0, 0.05) is 6.20 Å². The lowest BCUT2D eigenvalue weighted by Crippen LogP contribution is -1.75. The van der Waals surface area contributed by atoms with Gasteiger partial charge in [-0.05, 0) is 12.5 Å². The highest BCUT2D eigenvalue weighted by Gasteiger charge is 2.04. The van der Waals surface area contributed by atoms with E-state index in [9.17, 15) is 5.11 Å². The van der Waals surface area contributed by atoms with Crippen LogP contribution in [0.2, 0.25) is 0 Å². The SMILES string of the molecule is Cc1ccc(-c2c[nH]nc2O)cc1. The van der Waals surface area contributed by atoms with Crippen LogP contribution in [0.3, 0.4) is 0 Å². The van der Waals surface area contributed by atoms with Gasteiger partial charge < -0.3 is 5.11 Å². The molecule has 2 N–H and O–H groups in total. The first-order valence-electron chi connectivity index (χ1n) is 4.07. The third kappa shape index (κ3) is 1.40. The van der Waals surface area contributed by atoms with Crippen molar-refractivity contribution in [1.82, 2.24) is 10.2 Å². The van der Waals surface area contributed by atoms with Crippen LogP contribution in [-0.4, -0.2) is 15.3 Å². The summed E-state index contributed by atoms with van der Waals surface area (Å²) in [4.78, 5) is 0. The van der Waals surface area contributed by atoms with Crippen molar-refractivity contribution in [3.05, 3.63) is 36.0 Å². The van der Waals surface area contributed by atoms with E-state index in [1.54, 1.807) is 6.20 Å². The standard InChI is InChI=1S/C10H10N2O/c1-7-2-4-8(5-3-7)9-6-11-12-10(9)13/h2-6H,1H3,(H2,11,12,13). The second-order valence-corrected chi connectivity index (χ2v) is 2.99. The minimum atomic E-state index is 0.0452. The third-order valence-electron chi connectivity index (χ3n) is 1.98. The van der Waals surface area contributed by atoms with Crippen molar-refractivity contribution in [3.8, 4) is 17.0 Å². The molecule has 0 saturated carbocycles. The summed E-state index contributed by atoms with van der Waals surface area (Å²) in [6.07, 6.45) is 1.68. The van der Waals surface area contributed by atoms with Crippen molar-refractivity contribution in [2.45, 2.75) is 6.92 Å². The fourth-order valence-electron chi connectivity index (χ4n) is 1.23. The molecule has 0 atom stereocenters. The molecule has 1 aromatic heterocycles. The van der Waals surface area contributed by atoms with Crippen molar-refractivity contribution in [3.63, 3.8) is 0 Å². The number of hydrogen-bond acceptors (Lipinski definition) is 2. The molecule has 0 aliphatic rings. The van der Waals surface area contributed by atoms with Crippen molar-refractivity contribution >= 4 is 0 Å². The molecular formula is C10H10N2O. The lowest BCUT2D eigenvalue weighted by atomic mass is 10.1. The van der Waals surface area contributed by atoms with Crippen molar-refractivity contribution in [2.24, 2.45) is 0 Å². The zero-order chi connectivity index (χ0) is 9.26. The summed E-state index contributed by atoms with van der Waals surface area (Å²) in [5.74, 6) is 0.0452. The molecule has 0 spiro atoms. The number of aromatic nitrogens is 2. The average molecular weight is 174 g/mol. The molecule has 66 valence electrons. The number of nitrogens with zero attached hydrogens (tertiary/aromatic N) is 1. The maximum absolute atomic E-state index is 9.33. The monoisotopic (exact) mass is 174 g/mol. The highest BCUT2D eigenvalue weighted by molar-refractivity contribution is 5.67. The second-order valence-electron chi connectivity index (χ2n) is 2.99. The number of nitrogens with one attached hydrogen (secondary N) is 1. The van der Waals surface area contributed by atoms with E-state index in [1.807, 2.05) is 31.2 Å². The highest BCUT2D eigenvalue weighted by Crippen LogP contribution is 2.26. The van der Waals surface area contributed by atoms with Gasteiger partial charge in [-0.3, -0.25) is 5.10 Å². The minimum absolute atomic E-state index is 0.0452. The first-order chi connectivity index (χ1) is 6.27. The van der Waals surface area contributed by atoms with Gasteiger partial charge in [-0.25, -0.2) is 0 Å². The van der Waals surface area contributed by atoms with E-state index in [4.69, 9.17) is 0 Å². The van der Waals surface area contributed by atoms with Crippen LogP contribution < -0.4 is 0 Å². The van der Waals surface area contributed by atoms with Gasteiger partial charge in [-0.2, -0.15) is 0 Å². The number of aromatic hydroxyl groups is 1. The molecule has 1 heterocycles. The van der Waals surface area contributed by atoms with Crippen LogP contribution in [0.15, 0.2) is 30.5 Å². The fraction of sp³-hybridized carbons (Fsp3) is 0.100. The van der Waals surface area contributed by atoms with E-state index in [1.165, 1.54) is 5.56 Å². The Morgan fingerprint density at radius 3 is 2.46 bits per heavy atom. The Bertz CT molecular complexity index is 403. The number of H-pyrrole nitrogens is 1. The van der Waals surface area contributed by atoms with E-state index in [0.29, 0.717) is 0 Å². The Morgan fingerprint density at radius 2 is 1.92 bits per heavy atom. The topological polar surface area (TPSA) is 48.9 Å². The van der Waals surface area contributed by atoms with Crippen LogP contribution in [0.1, 0.15) is 5.56 Å². The van der Waals surface area contributed by atoms with Gasteiger partial charge in [0.25, 0.3) is 0 Å². The van der Waals surface area contributed by atoms with Gasteiger partial charge in [0.1, 0.15) is 0 Å². The van der Waals surface area contributed by atoms with Crippen molar-refractivity contribution in [1.29, 1.82) is 0 Å². The Morgan fingerprint density at radius 1 is 1.23 bits per heavy atom. The largest absolute Gasteiger partial charge is 0.492 e. The molecule has 0 fully saturated rings. The zero-order valence-electron chi connectivity index (χ0n) is 7.28. The van der Waals surface area contributed by atoms with Gasteiger partial charge in [0.2, 0.25) is 5.88 Å². The van der Waals surface area contributed by atoms with Crippen molar-refractivity contribution in [2.75, 3.05) is 0 Å². The molecule has 0 aliphatic heterocycles. The molecule has 1 aromatic carbocycles. The van der Waals surface area contributed by atoms with Gasteiger partial charge in [-0.15, -0.1) is 5.10 Å². The Hall–Kier alpha value is -1.77. The molecule has 0 unspecified atom stereocenters. The van der Waals surface area contributed by atoms with Crippen LogP contribution in [-0.2, 0) is 0 Å². The first kappa shape index (κ1) is 7.86. The van der Waals surface area contributed by atoms with Crippen LogP contribution in [0.4, 0.5) is 0 Å². The van der Waals surface area contributed by atoms with E-state index in [0.717, 1.165) is 11.1 Å². The minimum Gasteiger partial charge on any atom is -0.492 e.